The van der Waals surface area contributed by atoms with Gasteiger partial charge in [0.05, 0.1) is 11.2 Å². The Balaban J connectivity index is 1.44. The van der Waals surface area contributed by atoms with E-state index in [-0.39, 0.29) is 49.6 Å². The zero-order valence-electron chi connectivity index (χ0n) is 17.5. The van der Waals surface area contributed by atoms with Gasteiger partial charge in [-0.15, -0.1) is 0 Å². The molecule has 0 spiro atoms. The fourth-order valence-electron chi connectivity index (χ4n) is 4.90. The van der Waals surface area contributed by atoms with Crippen LogP contribution in [-0.2, 0) is 11.8 Å². The van der Waals surface area contributed by atoms with Crippen molar-refractivity contribution in [1.29, 1.82) is 0 Å². The molecule has 2 atom stereocenters. The third-order valence-electron chi connectivity index (χ3n) is 6.81. The molecular weight excluding hydrogens is 402 g/mol. The number of nitrogens with one attached hydrogen (secondary N) is 1. The Morgan fingerprint density at radius 1 is 1.26 bits per heavy atom. The summed E-state index contributed by atoms with van der Waals surface area (Å²) in [6.07, 6.45) is 3.33. The summed E-state index contributed by atoms with van der Waals surface area (Å²) in [6, 6.07) is 5.45. The predicted octanol–water partition coefficient (Wildman–Crippen LogP) is 3.16. The number of carbonyl (C=O) groups is 2. The van der Waals surface area contributed by atoms with Gasteiger partial charge in [0.25, 0.3) is 17.7 Å². The zero-order chi connectivity index (χ0) is 21.9. The average Bonchev–Trinajstić information content (AvgIpc) is 3.28. The van der Waals surface area contributed by atoms with Crippen LogP contribution in [0.25, 0.3) is 10.9 Å². The SMILES string of the molecule is CC1C2=C(C=CC1c1nn(C)c3cc(C(=O)N4CCC(F)(F)CC4)ccc13)C(=O)NC2. The molecule has 31 heavy (non-hydrogen) atoms. The number of alkyl halides is 2. The Kier molecular flexibility index (Phi) is 4.50. The number of halogens is 2. The molecule has 162 valence electrons. The van der Waals surface area contributed by atoms with E-state index >= 15 is 0 Å². The molecule has 0 radical (unpaired) electrons. The summed E-state index contributed by atoms with van der Waals surface area (Å²) in [4.78, 5) is 26.3. The Labute approximate surface area is 178 Å². The third-order valence-corrected chi connectivity index (χ3v) is 6.81. The number of hydrogen-bond donors (Lipinski definition) is 1. The number of allylic oxidation sites excluding steroid dienone is 1. The Hall–Kier alpha value is -3.03. The summed E-state index contributed by atoms with van der Waals surface area (Å²) in [5, 5.41) is 8.58. The highest BCUT2D eigenvalue weighted by molar-refractivity contribution is 6.01. The van der Waals surface area contributed by atoms with E-state index in [2.05, 4.69) is 12.2 Å². The maximum atomic E-state index is 13.4. The molecule has 6 nitrogen and oxygen atoms in total. The first-order chi connectivity index (χ1) is 14.7. The Morgan fingerprint density at radius 2 is 2.00 bits per heavy atom. The number of aromatic nitrogens is 2. The maximum Gasteiger partial charge on any atom is 0.253 e. The van der Waals surface area contributed by atoms with Crippen molar-refractivity contribution in [3.05, 3.63) is 52.8 Å². The molecule has 1 aromatic carbocycles. The number of piperidine rings is 1. The molecule has 1 aliphatic carbocycles. The first-order valence-corrected chi connectivity index (χ1v) is 10.6. The summed E-state index contributed by atoms with van der Waals surface area (Å²) >= 11 is 0. The predicted molar refractivity (Wildman–Crippen MR) is 112 cm³/mol. The molecule has 1 fully saturated rings. The first-order valence-electron chi connectivity index (χ1n) is 10.6. The number of aryl methyl sites for hydroxylation is 1. The highest BCUT2D eigenvalue weighted by atomic mass is 19.3. The third kappa shape index (κ3) is 3.25. The van der Waals surface area contributed by atoms with E-state index < -0.39 is 5.92 Å². The minimum atomic E-state index is -2.68. The molecule has 3 aliphatic rings. The van der Waals surface area contributed by atoms with Crippen LogP contribution in [-0.4, -0.2) is 52.1 Å². The molecule has 1 saturated heterocycles. The van der Waals surface area contributed by atoms with Gasteiger partial charge in [-0.1, -0.05) is 25.1 Å². The van der Waals surface area contributed by atoms with E-state index in [1.807, 2.05) is 25.3 Å². The lowest BCUT2D eigenvalue weighted by atomic mass is 9.79. The Bertz CT molecular complexity index is 1150. The van der Waals surface area contributed by atoms with Gasteiger partial charge < -0.3 is 10.2 Å². The molecule has 2 aromatic rings. The van der Waals surface area contributed by atoms with Crippen molar-refractivity contribution < 1.29 is 18.4 Å². The van der Waals surface area contributed by atoms with Crippen LogP contribution in [0.3, 0.4) is 0 Å². The van der Waals surface area contributed by atoms with Crippen molar-refractivity contribution >= 4 is 22.7 Å². The van der Waals surface area contributed by atoms with E-state index in [0.717, 1.165) is 27.7 Å². The molecule has 3 heterocycles. The summed E-state index contributed by atoms with van der Waals surface area (Å²) in [6.45, 7) is 2.80. The van der Waals surface area contributed by atoms with Crippen LogP contribution in [0.4, 0.5) is 8.78 Å². The van der Waals surface area contributed by atoms with Crippen LogP contribution in [0.1, 0.15) is 41.7 Å². The molecule has 1 aromatic heterocycles. The van der Waals surface area contributed by atoms with Gasteiger partial charge in [0.2, 0.25) is 0 Å². The lowest BCUT2D eigenvalue weighted by Gasteiger charge is -2.31. The van der Waals surface area contributed by atoms with E-state index in [4.69, 9.17) is 5.10 Å². The van der Waals surface area contributed by atoms with Crippen molar-refractivity contribution in [3.63, 3.8) is 0 Å². The first kappa shape index (κ1) is 19.9. The van der Waals surface area contributed by atoms with Crippen LogP contribution in [0.15, 0.2) is 41.5 Å². The van der Waals surface area contributed by atoms with E-state index in [1.54, 1.807) is 16.8 Å². The van der Waals surface area contributed by atoms with Crippen LogP contribution in [0.5, 0.6) is 0 Å². The van der Waals surface area contributed by atoms with Gasteiger partial charge in [-0.25, -0.2) is 8.78 Å². The summed E-state index contributed by atoms with van der Waals surface area (Å²) in [7, 11) is 1.84. The van der Waals surface area contributed by atoms with Crippen LogP contribution < -0.4 is 5.32 Å². The van der Waals surface area contributed by atoms with Crippen LogP contribution >= 0.6 is 0 Å². The van der Waals surface area contributed by atoms with E-state index in [9.17, 15) is 18.4 Å². The van der Waals surface area contributed by atoms with Crippen molar-refractivity contribution in [2.24, 2.45) is 13.0 Å². The average molecular weight is 426 g/mol. The maximum absolute atomic E-state index is 13.4. The van der Waals surface area contributed by atoms with Gasteiger partial charge in [0.1, 0.15) is 0 Å². The van der Waals surface area contributed by atoms with Gasteiger partial charge in [0.15, 0.2) is 0 Å². The molecular formula is C23H24F2N4O2. The van der Waals surface area contributed by atoms with Crippen molar-refractivity contribution in [2.45, 2.75) is 31.6 Å². The standard InChI is InChI=1S/C23H24F2N4O2/c1-13-15(5-6-16-18(13)12-26-21(16)30)20-17-4-3-14(11-19(17)28(2)27-20)22(31)29-9-7-23(24,25)8-10-29/h3-6,11,13,15H,7-10,12H2,1-2H3,(H,26,30). The minimum absolute atomic E-state index is 0.0268. The fourth-order valence-corrected chi connectivity index (χ4v) is 4.90. The second-order valence-corrected chi connectivity index (χ2v) is 8.68. The quantitative estimate of drug-likeness (QED) is 0.802. The van der Waals surface area contributed by atoms with Gasteiger partial charge >= 0.3 is 0 Å². The smallest absolute Gasteiger partial charge is 0.253 e. The number of benzene rings is 1. The van der Waals surface area contributed by atoms with Crippen molar-refractivity contribution in [1.82, 2.24) is 20.0 Å². The van der Waals surface area contributed by atoms with Gasteiger partial charge in [-0.3, -0.25) is 14.3 Å². The fraction of sp³-hybridized carbons (Fsp3) is 0.435. The highest BCUT2D eigenvalue weighted by Gasteiger charge is 2.36. The number of likely N-dealkylation sites (tertiary alicyclic amines) is 1. The summed E-state index contributed by atoms with van der Waals surface area (Å²) in [5.74, 6) is -2.77. The largest absolute Gasteiger partial charge is 0.348 e. The molecule has 2 amide bonds. The van der Waals surface area contributed by atoms with Crippen LogP contribution in [0, 0.1) is 5.92 Å². The van der Waals surface area contributed by atoms with Crippen molar-refractivity contribution in [3.8, 4) is 0 Å². The number of rotatable bonds is 2. The zero-order valence-corrected chi connectivity index (χ0v) is 17.5. The summed E-state index contributed by atoms with van der Waals surface area (Å²) < 4.78 is 28.6. The van der Waals surface area contributed by atoms with E-state index in [1.165, 1.54) is 4.90 Å². The number of nitrogens with zero attached hydrogens (tertiary/aromatic N) is 3. The second-order valence-electron chi connectivity index (χ2n) is 8.68. The molecule has 1 N–H and O–H groups in total. The molecule has 8 heteroatoms. The molecule has 2 unspecified atom stereocenters. The number of amides is 2. The van der Waals surface area contributed by atoms with Crippen molar-refractivity contribution in [2.75, 3.05) is 19.6 Å². The normalized spacial score (nSPS) is 25.2. The number of carbonyl (C=O) groups excluding carboxylic acids is 2. The monoisotopic (exact) mass is 426 g/mol. The molecule has 5 rings (SSSR count). The number of hydrogen-bond acceptors (Lipinski definition) is 3. The second kappa shape index (κ2) is 7.00. The number of fused-ring (bicyclic) bond motifs is 1. The molecule has 0 saturated carbocycles. The topological polar surface area (TPSA) is 67.2 Å². The molecule has 0 bridgehead atoms. The van der Waals surface area contributed by atoms with Crippen LogP contribution in [0.2, 0.25) is 0 Å². The van der Waals surface area contributed by atoms with Gasteiger partial charge in [0, 0.05) is 62.0 Å². The van der Waals surface area contributed by atoms with E-state index in [0.29, 0.717) is 12.1 Å². The Morgan fingerprint density at radius 3 is 2.74 bits per heavy atom. The lowest BCUT2D eigenvalue weighted by molar-refractivity contribution is -0.116. The molecule has 2 aliphatic heterocycles. The van der Waals surface area contributed by atoms with Gasteiger partial charge in [-0.05, 0) is 23.6 Å². The highest BCUT2D eigenvalue weighted by Crippen LogP contribution is 2.40. The van der Waals surface area contributed by atoms with Gasteiger partial charge in [-0.2, -0.15) is 5.10 Å². The lowest BCUT2D eigenvalue weighted by Crippen LogP contribution is -2.42. The minimum Gasteiger partial charge on any atom is -0.348 e. The summed E-state index contributed by atoms with van der Waals surface area (Å²) in [5.41, 5.74) is 4.07.